The van der Waals surface area contributed by atoms with E-state index in [0.717, 1.165) is 11.1 Å². The fraction of sp³-hybridized carbons (Fsp3) is 0.263. The highest BCUT2D eigenvalue weighted by Gasteiger charge is 2.17. The number of esters is 2. The van der Waals surface area contributed by atoms with Gasteiger partial charge in [-0.3, -0.25) is 9.59 Å². The first kappa shape index (κ1) is 17.7. The van der Waals surface area contributed by atoms with Crippen molar-refractivity contribution < 1.29 is 19.1 Å². The lowest BCUT2D eigenvalue weighted by Crippen LogP contribution is -2.32. The largest absolute Gasteiger partial charge is 0.461 e. The molecule has 0 radical (unpaired) electrons. The molecule has 2 N–H and O–H groups in total. The van der Waals surface area contributed by atoms with Crippen molar-refractivity contribution in [3.05, 3.63) is 71.8 Å². The van der Waals surface area contributed by atoms with Gasteiger partial charge in [-0.15, -0.1) is 0 Å². The van der Waals surface area contributed by atoms with Gasteiger partial charge in [0.1, 0.15) is 19.3 Å². The van der Waals surface area contributed by atoms with Gasteiger partial charge < -0.3 is 15.2 Å². The van der Waals surface area contributed by atoms with Crippen LogP contribution in [-0.2, 0) is 32.3 Å². The first-order valence-electron chi connectivity index (χ1n) is 7.81. The third-order valence-corrected chi connectivity index (χ3v) is 3.43. The number of carbonyl (C=O) groups is 2. The van der Waals surface area contributed by atoms with Crippen molar-refractivity contribution in [3.8, 4) is 0 Å². The molecule has 5 nitrogen and oxygen atoms in total. The predicted octanol–water partition coefficient (Wildman–Crippen LogP) is 2.58. The fourth-order valence-corrected chi connectivity index (χ4v) is 2.04. The van der Waals surface area contributed by atoms with Crippen LogP contribution in [0.4, 0.5) is 0 Å². The molecular formula is C19H21NO4. The van der Waals surface area contributed by atoms with Crippen LogP contribution in [0.5, 0.6) is 0 Å². The van der Waals surface area contributed by atoms with Crippen LogP contribution < -0.4 is 5.73 Å². The van der Waals surface area contributed by atoms with Gasteiger partial charge in [-0.05, 0) is 17.5 Å². The third-order valence-electron chi connectivity index (χ3n) is 3.43. The molecule has 0 bridgehead atoms. The van der Waals surface area contributed by atoms with E-state index in [1.54, 1.807) is 0 Å². The van der Waals surface area contributed by atoms with Gasteiger partial charge in [0.25, 0.3) is 0 Å². The molecule has 0 saturated carbocycles. The average Bonchev–Trinajstić information content (AvgIpc) is 2.64. The Morgan fingerprint density at radius 1 is 0.833 bits per heavy atom. The maximum absolute atomic E-state index is 11.8. The average molecular weight is 333 g/mol. The maximum Gasteiger partial charge on any atom is 0.323 e. The molecule has 0 aromatic heterocycles. The van der Waals surface area contributed by atoms with Crippen LogP contribution in [0.1, 0.15) is 24.0 Å². The molecule has 0 spiro atoms. The highest BCUT2D eigenvalue weighted by Crippen LogP contribution is 2.06. The molecule has 0 heterocycles. The first-order chi connectivity index (χ1) is 11.6. The molecule has 0 aliphatic carbocycles. The summed E-state index contributed by atoms with van der Waals surface area (Å²) in [5.74, 6) is -0.903. The molecule has 0 aliphatic heterocycles. The minimum atomic E-state index is -0.835. The molecule has 0 fully saturated rings. The molecule has 2 aromatic rings. The number of nitrogens with two attached hydrogens (primary N) is 1. The Balaban J connectivity index is 1.65. The van der Waals surface area contributed by atoms with E-state index in [-0.39, 0.29) is 32.0 Å². The summed E-state index contributed by atoms with van der Waals surface area (Å²) in [6, 6.07) is 17.9. The number of benzene rings is 2. The van der Waals surface area contributed by atoms with Gasteiger partial charge in [0, 0.05) is 6.42 Å². The predicted molar refractivity (Wildman–Crippen MR) is 89.7 cm³/mol. The summed E-state index contributed by atoms with van der Waals surface area (Å²) >= 11 is 0. The van der Waals surface area contributed by atoms with E-state index < -0.39 is 12.0 Å². The van der Waals surface area contributed by atoms with Crippen LogP contribution in [-0.4, -0.2) is 18.0 Å². The molecule has 0 unspecified atom stereocenters. The summed E-state index contributed by atoms with van der Waals surface area (Å²) in [5, 5.41) is 0. The van der Waals surface area contributed by atoms with Crippen molar-refractivity contribution in [2.75, 3.05) is 0 Å². The van der Waals surface area contributed by atoms with E-state index in [9.17, 15) is 9.59 Å². The lowest BCUT2D eigenvalue weighted by molar-refractivity contribution is -0.148. The zero-order valence-corrected chi connectivity index (χ0v) is 13.4. The summed E-state index contributed by atoms with van der Waals surface area (Å²) in [6.45, 7) is 0.388. The van der Waals surface area contributed by atoms with Crippen LogP contribution in [0.3, 0.4) is 0 Å². The zero-order valence-electron chi connectivity index (χ0n) is 13.4. The van der Waals surface area contributed by atoms with Gasteiger partial charge in [-0.2, -0.15) is 0 Å². The van der Waals surface area contributed by atoms with E-state index in [4.69, 9.17) is 15.2 Å². The summed E-state index contributed by atoms with van der Waals surface area (Å²) in [4.78, 5) is 23.5. The second-order valence-corrected chi connectivity index (χ2v) is 5.38. The minimum absolute atomic E-state index is 0.0778. The number of hydrogen-bond donors (Lipinski definition) is 1. The van der Waals surface area contributed by atoms with Gasteiger partial charge in [-0.25, -0.2) is 0 Å². The number of rotatable bonds is 8. The molecule has 2 rings (SSSR count). The minimum Gasteiger partial charge on any atom is -0.461 e. The Morgan fingerprint density at radius 2 is 1.33 bits per heavy atom. The molecule has 2 aromatic carbocycles. The molecule has 0 aliphatic rings. The lowest BCUT2D eigenvalue weighted by Gasteiger charge is -2.11. The van der Waals surface area contributed by atoms with Gasteiger partial charge in [0.05, 0.1) is 0 Å². The van der Waals surface area contributed by atoms with Crippen molar-refractivity contribution in [2.45, 2.75) is 32.1 Å². The summed E-state index contributed by atoms with van der Waals surface area (Å²) in [6.07, 6.45) is 0.273. The molecule has 24 heavy (non-hydrogen) atoms. The number of hydrogen-bond acceptors (Lipinski definition) is 5. The third kappa shape index (κ3) is 6.22. The van der Waals surface area contributed by atoms with E-state index in [1.807, 2.05) is 60.7 Å². The Kier molecular flexibility index (Phi) is 6.98. The molecule has 1 atom stereocenters. The van der Waals surface area contributed by atoms with Gasteiger partial charge in [-0.1, -0.05) is 60.7 Å². The Hall–Kier alpha value is -2.66. The van der Waals surface area contributed by atoms with E-state index in [1.165, 1.54) is 0 Å². The van der Waals surface area contributed by atoms with Gasteiger partial charge in [0.15, 0.2) is 0 Å². The molecular weight excluding hydrogens is 312 g/mol. The summed E-state index contributed by atoms with van der Waals surface area (Å²) < 4.78 is 10.3. The van der Waals surface area contributed by atoms with Crippen LogP contribution in [0, 0.1) is 0 Å². The van der Waals surface area contributed by atoms with Crippen LogP contribution in [0.15, 0.2) is 60.7 Å². The molecule has 0 saturated heterocycles. The Labute approximate surface area is 141 Å². The van der Waals surface area contributed by atoms with Crippen LogP contribution in [0.25, 0.3) is 0 Å². The standard InChI is InChI=1S/C19H21NO4/c20-17(19(22)24-14-16-9-5-2-6-10-16)11-12-18(21)23-13-15-7-3-1-4-8-15/h1-10,17H,11-14,20H2/t17-/m1/s1/i11+1,12+1,17+1,18+1,19+1,20+1. The van der Waals surface area contributed by atoms with Crippen LogP contribution >= 0.6 is 0 Å². The van der Waals surface area contributed by atoms with Gasteiger partial charge in [0.2, 0.25) is 0 Å². The van der Waals surface area contributed by atoms with Crippen molar-refractivity contribution in [1.82, 2.24) is 0 Å². The summed E-state index contributed by atoms with van der Waals surface area (Å²) in [5.41, 5.74) is 7.56. The van der Waals surface area contributed by atoms with Gasteiger partial charge >= 0.3 is 11.9 Å². The highest BCUT2D eigenvalue weighted by atomic mass is 16.6. The lowest BCUT2D eigenvalue weighted by atomic mass is 10.2. The quantitative estimate of drug-likeness (QED) is 0.456. The maximum atomic E-state index is 11.8. The van der Waals surface area contributed by atoms with E-state index in [0.29, 0.717) is 0 Å². The second kappa shape index (κ2) is 9.47. The fourth-order valence-electron chi connectivity index (χ4n) is 2.04. The molecule has 126 valence electrons. The SMILES string of the molecule is [15NH2][13C@H]([13CH2][13CH2][13C](=O)OCc1ccccc1)[13C](=O)OCc1ccccc1. The van der Waals surface area contributed by atoms with Crippen molar-refractivity contribution >= 4 is 11.9 Å². The zero-order chi connectivity index (χ0) is 17.2. The van der Waals surface area contributed by atoms with E-state index in [2.05, 4.69) is 0 Å². The number of ether oxygens (including phenoxy) is 2. The second-order valence-electron chi connectivity index (χ2n) is 5.38. The topological polar surface area (TPSA) is 78.6 Å². The Morgan fingerprint density at radius 3 is 1.88 bits per heavy atom. The van der Waals surface area contributed by atoms with Crippen molar-refractivity contribution in [1.29, 1.82) is 0 Å². The smallest absolute Gasteiger partial charge is 0.323 e. The number of carbonyl (C=O) groups excluding carboxylic acids is 2. The first-order valence-corrected chi connectivity index (χ1v) is 7.81. The van der Waals surface area contributed by atoms with Crippen LogP contribution in [0.2, 0.25) is 0 Å². The summed E-state index contributed by atoms with van der Waals surface area (Å²) in [7, 11) is 0. The van der Waals surface area contributed by atoms with Crippen molar-refractivity contribution in [3.63, 3.8) is 0 Å². The Bertz CT molecular complexity index is 643. The normalized spacial score (nSPS) is 11.5. The van der Waals surface area contributed by atoms with E-state index >= 15 is 0 Å². The molecule has 0 amide bonds. The highest BCUT2D eigenvalue weighted by molar-refractivity contribution is 5.77. The van der Waals surface area contributed by atoms with Crippen molar-refractivity contribution in [2.24, 2.45) is 5.73 Å². The monoisotopic (exact) mass is 333 g/mol. The molecule has 5 heteroatoms.